The van der Waals surface area contributed by atoms with E-state index in [-0.39, 0.29) is 5.92 Å². The zero-order chi connectivity index (χ0) is 13.1. The van der Waals surface area contributed by atoms with Crippen molar-refractivity contribution in [2.75, 3.05) is 26.2 Å². The van der Waals surface area contributed by atoms with Crippen LogP contribution in [0.2, 0.25) is 0 Å². The van der Waals surface area contributed by atoms with Crippen molar-refractivity contribution in [1.29, 1.82) is 0 Å². The van der Waals surface area contributed by atoms with Crippen LogP contribution in [0.1, 0.15) is 12.8 Å². The number of piperidine rings is 1. The van der Waals surface area contributed by atoms with Crippen LogP contribution in [0.5, 0.6) is 5.75 Å². The molecule has 4 heteroatoms. The molecule has 102 valence electrons. The van der Waals surface area contributed by atoms with E-state index in [4.69, 9.17) is 4.74 Å². The number of para-hydroxylation sites is 1. The van der Waals surface area contributed by atoms with Gasteiger partial charge in [0, 0.05) is 12.6 Å². The quantitative estimate of drug-likeness (QED) is 0.886. The van der Waals surface area contributed by atoms with Crippen molar-refractivity contribution >= 4 is 5.91 Å². The van der Waals surface area contributed by atoms with Gasteiger partial charge in [-0.25, -0.2) is 0 Å². The number of nitrogens with zero attached hydrogens (tertiary/aromatic N) is 1. The maximum Gasteiger partial charge on any atom is 0.227 e. The highest BCUT2D eigenvalue weighted by atomic mass is 16.5. The van der Waals surface area contributed by atoms with Crippen LogP contribution in [0.4, 0.5) is 0 Å². The third kappa shape index (κ3) is 2.73. The van der Waals surface area contributed by atoms with E-state index < -0.39 is 0 Å². The van der Waals surface area contributed by atoms with Gasteiger partial charge in [-0.05, 0) is 31.5 Å². The van der Waals surface area contributed by atoms with Crippen LogP contribution in [0.15, 0.2) is 30.3 Å². The summed E-state index contributed by atoms with van der Waals surface area (Å²) in [5.74, 6) is 1.36. The zero-order valence-electron chi connectivity index (χ0n) is 11.0. The average Bonchev–Trinajstić information content (AvgIpc) is 2.78. The molecule has 0 aliphatic carbocycles. The fourth-order valence-electron chi connectivity index (χ4n) is 2.99. The molecule has 1 N–H and O–H groups in total. The Hall–Kier alpha value is -1.55. The van der Waals surface area contributed by atoms with E-state index in [2.05, 4.69) is 5.32 Å². The first-order chi connectivity index (χ1) is 9.34. The summed E-state index contributed by atoms with van der Waals surface area (Å²) < 4.78 is 5.66. The van der Waals surface area contributed by atoms with Crippen molar-refractivity contribution in [2.24, 2.45) is 5.92 Å². The number of hydrogen-bond donors (Lipinski definition) is 1. The zero-order valence-corrected chi connectivity index (χ0v) is 11.0. The van der Waals surface area contributed by atoms with Crippen LogP contribution >= 0.6 is 0 Å². The van der Waals surface area contributed by atoms with E-state index in [1.807, 2.05) is 35.2 Å². The molecule has 0 aromatic heterocycles. The Morgan fingerprint density at radius 2 is 2.16 bits per heavy atom. The lowest BCUT2D eigenvalue weighted by molar-refractivity contribution is -0.131. The number of likely N-dealkylation sites (tertiary alicyclic amines) is 1. The Bertz CT molecular complexity index is 435. The SMILES string of the molecule is O=C1C2CCCNC2CN1CCOc1ccccc1. The van der Waals surface area contributed by atoms with Crippen molar-refractivity contribution < 1.29 is 9.53 Å². The van der Waals surface area contributed by atoms with Gasteiger partial charge in [0.1, 0.15) is 12.4 Å². The van der Waals surface area contributed by atoms with Gasteiger partial charge >= 0.3 is 0 Å². The summed E-state index contributed by atoms with van der Waals surface area (Å²) in [6.07, 6.45) is 2.15. The molecule has 2 atom stereocenters. The number of fused-ring (bicyclic) bond motifs is 1. The van der Waals surface area contributed by atoms with Gasteiger partial charge < -0.3 is 15.0 Å². The summed E-state index contributed by atoms with van der Waals surface area (Å²) in [6, 6.07) is 10.1. The van der Waals surface area contributed by atoms with Gasteiger partial charge in [0.25, 0.3) is 0 Å². The Kier molecular flexibility index (Phi) is 3.69. The molecule has 2 fully saturated rings. The van der Waals surface area contributed by atoms with E-state index in [0.717, 1.165) is 31.7 Å². The highest BCUT2D eigenvalue weighted by Crippen LogP contribution is 2.26. The lowest BCUT2D eigenvalue weighted by atomic mass is 9.94. The third-order valence-electron chi connectivity index (χ3n) is 4.00. The first-order valence-electron chi connectivity index (χ1n) is 7.04. The molecule has 19 heavy (non-hydrogen) atoms. The monoisotopic (exact) mass is 260 g/mol. The fourth-order valence-corrected chi connectivity index (χ4v) is 2.99. The molecule has 1 amide bonds. The minimum atomic E-state index is 0.200. The molecule has 3 rings (SSSR count). The number of amides is 1. The molecule has 2 saturated heterocycles. The Balaban J connectivity index is 1.49. The largest absolute Gasteiger partial charge is 0.492 e. The molecule has 0 radical (unpaired) electrons. The summed E-state index contributed by atoms with van der Waals surface area (Å²) in [5, 5.41) is 3.45. The molecule has 2 heterocycles. The summed E-state index contributed by atoms with van der Waals surface area (Å²) in [6.45, 7) is 3.13. The summed E-state index contributed by atoms with van der Waals surface area (Å²) in [4.78, 5) is 14.2. The first kappa shape index (κ1) is 12.5. The second-order valence-corrected chi connectivity index (χ2v) is 5.26. The van der Waals surface area contributed by atoms with Gasteiger partial charge in [-0.3, -0.25) is 4.79 Å². The van der Waals surface area contributed by atoms with Gasteiger partial charge in [0.2, 0.25) is 5.91 Å². The third-order valence-corrected chi connectivity index (χ3v) is 4.00. The van der Waals surface area contributed by atoms with E-state index in [1.165, 1.54) is 0 Å². The average molecular weight is 260 g/mol. The topological polar surface area (TPSA) is 41.6 Å². The maximum atomic E-state index is 12.2. The van der Waals surface area contributed by atoms with E-state index in [1.54, 1.807) is 0 Å². The summed E-state index contributed by atoms with van der Waals surface area (Å²) in [7, 11) is 0. The highest BCUT2D eigenvalue weighted by molar-refractivity contribution is 5.82. The predicted molar refractivity (Wildman–Crippen MR) is 73.0 cm³/mol. The van der Waals surface area contributed by atoms with Crippen LogP contribution < -0.4 is 10.1 Å². The minimum absolute atomic E-state index is 0.200. The second-order valence-electron chi connectivity index (χ2n) is 5.26. The molecular weight excluding hydrogens is 240 g/mol. The summed E-state index contributed by atoms with van der Waals surface area (Å²) >= 11 is 0. The minimum Gasteiger partial charge on any atom is -0.492 e. The lowest BCUT2D eigenvalue weighted by Crippen LogP contribution is -2.41. The van der Waals surface area contributed by atoms with E-state index >= 15 is 0 Å². The Morgan fingerprint density at radius 3 is 2.95 bits per heavy atom. The maximum absolute atomic E-state index is 12.2. The highest BCUT2D eigenvalue weighted by Gasteiger charge is 2.40. The number of hydrogen-bond acceptors (Lipinski definition) is 3. The molecule has 2 unspecified atom stereocenters. The number of nitrogens with one attached hydrogen (secondary N) is 1. The lowest BCUT2D eigenvalue weighted by Gasteiger charge is -2.23. The van der Waals surface area contributed by atoms with Crippen LogP contribution in [0, 0.1) is 5.92 Å². The molecule has 4 nitrogen and oxygen atoms in total. The van der Waals surface area contributed by atoms with E-state index in [0.29, 0.717) is 25.1 Å². The molecular formula is C15H20N2O2. The van der Waals surface area contributed by atoms with Crippen LogP contribution in [0.25, 0.3) is 0 Å². The van der Waals surface area contributed by atoms with Crippen LogP contribution in [-0.2, 0) is 4.79 Å². The number of rotatable bonds is 4. The normalized spacial score (nSPS) is 26.3. The number of carbonyl (C=O) groups excluding carboxylic acids is 1. The van der Waals surface area contributed by atoms with Gasteiger partial charge in [-0.2, -0.15) is 0 Å². The molecule has 0 saturated carbocycles. The van der Waals surface area contributed by atoms with Crippen molar-refractivity contribution in [1.82, 2.24) is 10.2 Å². The number of ether oxygens (including phenoxy) is 1. The van der Waals surface area contributed by atoms with Crippen molar-refractivity contribution in [2.45, 2.75) is 18.9 Å². The van der Waals surface area contributed by atoms with Gasteiger partial charge in [0.05, 0.1) is 12.5 Å². The Labute approximate surface area is 113 Å². The smallest absolute Gasteiger partial charge is 0.227 e. The van der Waals surface area contributed by atoms with Crippen LogP contribution in [0.3, 0.4) is 0 Å². The van der Waals surface area contributed by atoms with Crippen molar-refractivity contribution in [3.63, 3.8) is 0 Å². The molecule has 0 bridgehead atoms. The number of benzene rings is 1. The predicted octanol–water partition coefficient (Wildman–Crippen LogP) is 1.28. The van der Waals surface area contributed by atoms with Crippen molar-refractivity contribution in [3.8, 4) is 5.75 Å². The standard InChI is InChI=1S/C15H20N2O2/c18-15-13-7-4-8-16-14(13)11-17(15)9-10-19-12-5-2-1-3-6-12/h1-3,5-6,13-14,16H,4,7-11H2. The van der Waals surface area contributed by atoms with E-state index in [9.17, 15) is 4.79 Å². The number of carbonyl (C=O) groups is 1. The first-order valence-corrected chi connectivity index (χ1v) is 7.04. The van der Waals surface area contributed by atoms with Gasteiger partial charge in [-0.1, -0.05) is 18.2 Å². The van der Waals surface area contributed by atoms with Gasteiger partial charge in [-0.15, -0.1) is 0 Å². The molecule has 2 aliphatic rings. The van der Waals surface area contributed by atoms with Crippen molar-refractivity contribution in [3.05, 3.63) is 30.3 Å². The van der Waals surface area contributed by atoms with Crippen LogP contribution in [-0.4, -0.2) is 43.1 Å². The molecule has 0 spiro atoms. The molecule has 2 aliphatic heterocycles. The molecule has 1 aromatic rings. The Morgan fingerprint density at radius 1 is 1.32 bits per heavy atom. The molecule has 1 aromatic carbocycles. The fraction of sp³-hybridized carbons (Fsp3) is 0.533. The second kappa shape index (κ2) is 5.61. The summed E-state index contributed by atoms with van der Waals surface area (Å²) in [5.41, 5.74) is 0. The van der Waals surface area contributed by atoms with Gasteiger partial charge in [0.15, 0.2) is 0 Å².